The smallest absolute Gasteiger partial charge is 0 e. The van der Waals surface area contributed by atoms with Crippen molar-refractivity contribution in [3.8, 4) is 0 Å². The topological polar surface area (TPSA) is 40.5 Å². The summed E-state index contributed by atoms with van der Waals surface area (Å²) in [5.41, 5.74) is 0. The minimum Gasteiger partial charge on any atom is 0 e. The Morgan fingerprint density at radius 3 is 1.08 bits per heavy atom. The van der Waals surface area contributed by atoms with Crippen molar-refractivity contribution >= 4 is 18.6 Å². The van der Waals surface area contributed by atoms with Crippen LogP contribution in [0.3, 0.4) is 0 Å². The van der Waals surface area contributed by atoms with Gasteiger partial charge in [-0.15, -0.1) is 0 Å². The predicted octanol–water partition coefficient (Wildman–Crippen LogP) is 2.15. The van der Waals surface area contributed by atoms with Crippen molar-refractivity contribution in [1.29, 1.82) is 0 Å². The Labute approximate surface area is 107 Å². The summed E-state index contributed by atoms with van der Waals surface area (Å²) in [4.78, 5) is 0. The first-order valence-corrected chi connectivity index (χ1v) is 7.72. The van der Waals surface area contributed by atoms with Gasteiger partial charge < -0.3 is 10.2 Å². The quantitative estimate of drug-likeness (QED) is 0.764. The van der Waals surface area contributed by atoms with E-state index < -0.39 is 17.0 Å². The van der Waals surface area contributed by atoms with Crippen LogP contribution in [0.25, 0.3) is 0 Å². The molecule has 2 nitrogen and oxygen atoms in total. The van der Waals surface area contributed by atoms with Gasteiger partial charge in [0.2, 0.25) is 0 Å². The third-order valence-electron chi connectivity index (χ3n) is 0.447. The fourth-order valence-corrected chi connectivity index (χ4v) is 0. The maximum absolute atomic E-state index is 7.88. The normalized spacial score (nSPS) is 6.17. The van der Waals surface area contributed by atoms with Crippen molar-refractivity contribution in [2.75, 3.05) is 13.2 Å². The van der Waals surface area contributed by atoms with Crippen LogP contribution in [0, 0.1) is 0 Å². The van der Waals surface area contributed by atoms with E-state index in [0.29, 0.717) is 13.2 Å². The van der Waals surface area contributed by atoms with E-state index in [1.165, 1.54) is 0 Å². The van der Waals surface area contributed by atoms with Gasteiger partial charge in [-0.25, -0.2) is 0 Å². The molecule has 6 heteroatoms. The van der Waals surface area contributed by atoms with Crippen LogP contribution in [0.1, 0.15) is 26.7 Å². The Kier molecular flexibility index (Phi) is 75.4. The first kappa shape index (κ1) is 23.6. The van der Waals surface area contributed by atoms with Crippen LogP contribution in [0.2, 0.25) is 0 Å². The first-order chi connectivity index (χ1) is 5.24. The van der Waals surface area contributed by atoms with Gasteiger partial charge in [-0.05, 0) is 12.8 Å². The molecule has 0 heterocycles. The van der Waals surface area contributed by atoms with Gasteiger partial charge in [0.25, 0.3) is 0 Å². The van der Waals surface area contributed by atoms with Gasteiger partial charge in [-0.1, -0.05) is 13.8 Å². The number of aliphatic hydroxyl groups is 2. The maximum Gasteiger partial charge on any atom is 0 e. The van der Waals surface area contributed by atoms with Gasteiger partial charge in [0.1, 0.15) is 0 Å². The van der Waals surface area contributed by atoms with Gasteiger partial charge in [0.05, 0.1) is 0 Å². The summed E-state index contributed by atoms with van der Waals surface area (Å²) in [6, 6.07) is 0. The van der Waals surface area contributed by atoms with Crippen LogP contribution >= 0.6 is 18.6 Å². The molecule has 0 amide bonds. The summed E-state index contributed by atoms with van der Waals surface area (Å²) in [7, 11) is 9.78. The molecule has 0 saturated carbocycles. The Morgan fingerprint density at radius 2 is 1.08 bits per heavy atom. The molecule has 0 aliphatic rings. The van der Waals surface area contributed by atoms with Crippen molar-refractivity contribution in [1.82, 2.24) is 0 Å². The summed E-state index contributed by atoms with van der Waals surface area (Å²) >= 11 is -0.556. The van der Waals surface area contributed by atoms with Crippen molar-refractivity contribution in [2.24, 2.45) is 0 Å². The third kappa shape index (κ3) is 92.3. The Balaban J connectivity index is -0.0000000389. The molecule has 0 bridgehead atoms. The average molecular weight is 287 g/mol. The van der Waals surface area contributed by atoms with Crippen molar-refractivity contribution in [3.63, 3.8) is 0 Å². The zero-order valence-electron chi connectivity index (χ0n) is 7.48. The molecule has 74 valence electrons. The van der Waals surface area contributed by atoms with Gasteiger partial charge in [-0.3, -0.25) is 0 Å². The van der Waals surface area contributed by atoms with E-state index >= 15 is 0 Å². The molecule has 0 atom stereocenters. The van der Waals surface area contributed by atoms with Gasteiger partial charge >= 0.3 is 35.6 Å². The molecule has 0 unspecified atom stereocenters. The van der Waals surface area contributed by atoms with E-state index in [-0.39, 0.29) is 21.7 Å². The fourth-order valence-electron chi connectivity index (χ4n) is 0. The Bertz CT molecular complexity index is 36.7. The Morgan fingerprint density at radius 1 is 1.00 bits per heavy atom. The van der Waals surface area contributed by atoms with Crippen LogP contribution < -0.4 is 0 Å². The van der Waals surface area contributed by atoms with Gasteiger partial charge in [0, 0.05) is 34.9 Å². The van der Waals surface area contributed by atoms with Crippen molar-refractivity contribution < 1.29 is 49.0 Å². The molecule has 2 N–H and O–H groups in total. The maximum atomic E-state index is 7.88. The van der Waals surface area contributed by atoms with Crippen LogP contribution in [-0.4, -0.2) is 23.4 Å². The average Bonchev–Trinajstić information content (AvgIpc) is 2.06. The van der Waals surface area contributed by atoms with E-state index in [0.717, 1.165) is 12.8 Å². The summed E-state index contributed by atoms with van der Waals surface area (Å²) in [6.07, 6.45) is 1.75. The molecule has 0 aromatic heterocycles. The summed E-state index contributed by atoms with van der Waals surface area (Å²) in [5.74, 6) is 0. The Hall–Kier alpha value is 1.93. The molecular weight excluding hydrogens is 271 g/mol. The van der Waals surface area contributed by atoms with Crippen molar-refractivity contribution in [3.05, 3.63) is 0 Å². The van der Waals surface area contributed by atoms with E-state index in [4.69, 9.17) is 28.8 Å². The number of rotatable bonds is 2. The summed E-state index contributed by atoms with van der Waals surface area (Å²) in [6.45, 7) is 4.50. The fraction of sp³-hybridized carbons (Fsp3) is 1.00. The van der Waals surface area contributed by atoms with Crippen LogP contribution in [-0.2, 0) is 38.7 Å². The number of hydrogen-bond acceptors (Lipinski definition) is 2. The van der Waals surface area contributed by atoms with Gasteiger partial charge in [-0.2, -0.15) is 0 Å². The molecule has 0 rings (SSSR count). The van der Waals surface area contributed by atoms with E-state index in [1.807, 2.05) is 13.8 Å². The molecule has 0 aromatic rings. The monoisotopic (exact) mass is 286 g/mol. The standard InChI is InChI=1S/2C3H8O.2ClH.2Ti/c2*1-2-3-4;;;;/h2*4H,2-3H2,1H3;2*1H;;/q;;;;;+2/p-2. The number of aliphatic hydroxyl groups excluding tert-OH is 2. The number of hydrogen-bond donors (Lipinski definition) is 2. The molecule has 0 saturated heterocycles. The molecule has 0 aliphatic carbocycles. The molecule has 0 aliphatic heterocycles. The molecular formula is C6H16Cl2O2Ti2. The van der Waals surface area contributed by atoms with Crippen molar-refractivity contribution in [2.45, 2.75) is 26.7 Å². The molecule has 0 radical (unpaired) electrons. The van der Waals surface area contributed by atoms with Crippen LogP contribution in [0.5, 0.6) is 0 Å². The largest absolute Gasteiger partial charge is 0 e. The van der Waals surface area contributed by atoms with E-state index in [9.17, 15) is 0 Å². The van der Waals surface area contributed by atoms with Crippen LogP contribution in [0.4, 0.5) is 0 Å². The second kappa shape index (κ2) is 38.3. The third-order valence-corrected chi connectivity index (χ3v) is 0.447. The van der Waals surface area contributed by atoms with E-state index in [1.54, 1.807) is 0 Å². The molecule has 12 heavy (non-hydrogen) atoms. The number of halogens is 2. The first-order valence-electron chi connectivity index (χ1n) is 3.42. The van der Waals surface area contributed by atoms with Crippen LogP contribution in [0.15, 0.2) is 0 Å². The zero-order valence-corrected chi connectivity index (χ0v) is 12.1. The minimum absolute atomic E-state index is 0. The second-order valence-corrected chi connectivity index (χ2v) is 4.10. The van der Waals surface area contributed by atoms with Gasteiger partial charge in [0.15, 0.2) is 0 Å². The predicted molar refractivity (Wildman–Crippen MR) is 46.5 cm³/mol. The molecule has 0 aromatic carbocycles. The zero-order chi connectivity index (χ0) is 9.54. The SMILES string of the molecule is CCCO.CCCO.[Cl][Ti][Cl].[Ti]. The summed E-state index contributed by atoms with van der Waals surface area (Å²) in [5, 5.41) is 15.8. The van der Waals surface area contributed by atoms with E-state index in [2.05, 4.69) is 0 Å². The molecule has 0 fully saturated rings. The minimum atomic E-state index is -0.556. The molecule has 0 spiro atoms. The second-order valence-electron chi connectivity index (χ2n) is 1.52. The summed E-state index contributed by atoms with van der Waals surface area (Å²) < 4.78 is 0.